The molecule has 0 saturated carbocycles. The van der Waals surface area contributed by atoms with E-state index in [1.165, 1.54) is 49.0 Å². The largest absolute Gasteiger partial charge is 0.456 e. The third-order valence-corrected chi connectivity index (χ3v) is 10.0. The summed E-state index contributed by atoms with van der Waals surface area (Å²) in [6.07, 6.45) is 0. The van der Waals surface area contributed by atoms with E-state index in [2.05, 4.69) is 187 Å². The lowest BCUT2D eigenvalue weighted by atomic mass is 9.89. The Bertz CT molecular complexity index is 2870. The summed E-state index contributed by atoms with van der Waals surface area (Å²) >= 11 is 0. The zero-order valence-corrected chi connectivity index (χ0v) is 27.3. The van der Waals surface area contributed by atoms with Gasteiger partial charge in [0.25, 0.3) is 0 Å². The minimum absolute atomic E-state index is 0.875. The molecule has 0 aliphatic carbocycles. The third kappa shape index (κ3) is 4.57. The van der Waals surface area contributed by atoms with Gasteiger partial charge in [0.2, 0.25) is 0 Å². The molecule has 2 nitrogen and oxygen atoms in total. The van der Waals surface area contributed by atoms with Crippen LogP contribution in [0.2, 0.25) is 0 Å². The second kappa shape index (κ2) is 11.5. The molecule has 9 aromatic carbocycles. The van der Waals surface area contributed by atoms with Gasteiger partial charge in [-0.15, -0.1) is 0 Å². The topological polar surface area (TPSA) is 16.4 Å². The van der Waals surface area contributed by atoms with E-state index in [-0.39, 0.29) is 0 Å². The number of fused-ring (bicyclic) bond motifs is 7. The fraction of sp³-hybridized carbons (Fsp3) is 0. The molecule has 0 amide bonds. The van der Waals surface area contributed by atoms with Crippen LogP contribution in [-0.2, 0) is 0 Å². The van der Waals surface area contributed by atoms with Gasteiger partial charge in [-0.25, -0.2) is 0 Å². The summed E-state index contributed by atoms with van der Waals surface area (Å²) in [4.78, 5) is 2.42. The maximum absolute atomic E-state index is 6.56. The highest BCUT2D eigenvalue weighted by Crippen LogP contribution is 2.50. The first kappa shape index (κ1) is 28.4. The SMILES string of the molecule is c1ccc(-c2ccc(N(c3ccc4ccccc4c3)c3ccc4oc5ccccc5c4c3-c3cc4ccccc4c4ccccc34)cc2)cc1. The number of nitrogens with zero attached hydrogens (tertiary/aromatic N) is 1. The number of benzene rings is 9. The van der Waals surface area contributed by atoms with Crippen molar-refractivity contribution in [3.05, 3.63) is 188 Å². The molecule has 0 unspecified atom stereocenters. The van der Waals surface area contributed by atoms with Crippen LogP contribution in [0.3, 0.4) is 0 Å². The normalized spacial score (nSPS) is 11.6. The van der Waals surface area contributed by atoms with Gasteiger partial charge in [-0.05, 0) is 97.5 Å². The predicted octanol–water partition coefficient (Wildman–Crippen LogP) is 13.8. The van der Waals surface area contributed by atoms with Crippen molar-refractivity contribution < 1.29 is 4.42 Å². The Morgan fingerprint density at radius 2 is 0.980 bits per heavy atom. The van der Waals surface area contributed by atoms with Crippen LogP contribution in [0.15, 0.2) is 192 Å². The maximum Gasteiger partial charge on any atom is 0.136 e. The Labute approximate surface area is 290 Å². The third-order valence-electron chi connectivity index (χ3n) is 10.0. The molecule has 0 aliphatic rings. The smallest absolute Gasteiger partial charge is 0.136 e. The van der Waals surface area contributed by atoms with Gasteiger partial charge in [-0.1, -0.05) is 140 Å². The maximum atomic E-state index is 6.56. The molecule has 1 heterocycles. The molecular weight excluding hydrogens is 607 g/mol. The van der Waals surface area contributed by atoms with Crippen molar-refractivity contribution in [1.82, 2.24) is 0 Å². The lowest BCUT2D eigenvalue weighted by molar-refractivity contribution is 0.669. The van der Waals surface area contributed by atoms with Gasteiger partial charge in [0, 0.05) is 27.7 Å². The van der Waals surface area contributed by atoms with Crippen LogP contribution in [0.25, 0.3) is 76.5 Å². The zero-order chi connectivity index (χ0) is 33.0. The van der Waals surface area contributed by atoms with E-state index in [9.17, 15) is 0 Å². The summed E-state index contributed by atoms with van der Waals surface area (Å²) in [6.45, 7) is 0. The monoisotopic (exact) mass is 637 g/mol. The molecule has 0 aliphatic heterocycles. The summed E-state index contributed by atoms with van der Waals surface area (Å²) in [6, 6.07) is 67.6. The van der Waals surface area contributed by atoms with Crippen LogP contribution in [0.4, 0.5) is 17.1 Å². The Kier molecular flexibility index (Phi) is 6.53. The van der Waals surface area contributed by atoms with E-state index in [1.54, 1.807) is 0 Å². The number of anilines is 3. The molecule has 10 rings (SSSR count). The van der Waals surface area contributed by atoms with E-state index < -0.39 is 0 Å². The van der Waals surface area contributed by atoms with E-state index in [1.807, 2.05) is 6.07 Å². The molecule has 50 heavy (non-hydrogen) atoms. The van der Waals surface area contributed by atoms with E-state index in [4.69, 9.17) is 4.42 Å². The number of hydrogen-bond acceptors (Lipinski definition) is 2. The van der Waals surface area contributed by atoms with Gasteiger partial charge < -0.3 is 9.32 Å². The molecule has 0 atom stereocenters. The number of furan rings is 1. The standard InChI is InChI=1S/C48H31NO/c1-2-12-32(13-3-1)34-22-25-37(26-23-34)49(38-27-24-33-14-4-5-15-35(33)30-38)44-28-29-46-48(42-20-10-11-21-45(42)50-46)47(44)43-31-36-16-6-7-17-39(36)40-18-8-9-19-41(40)43/h1-31H. The average Bonchev–Trinajstić information content (AvgIpc) is 3.57. The van der Waals surface area contributed by atoms with Gasteiger partial charge in [-0.2, -0.15) is 0 Å². The van der Waals surface area contributed by atoms with Crippen molar-refractivity contribution in [3.8, 4) is 22.3 Å². The Balaban J connectivity index is 1.32. The van der Waals surface area contributed by atoms with Crippen molar-refractivity contribution in [1.29, 1.82) is 0 Å². The highest BCUT2D eigenvalue weighted by atomic mass is 16.3. The van der Waals surface area contributed by atoms with Crippen molar-refractivity contribution in [2.24, 2.45) is 0 Å². The lowest BCUT2D eigenvalue weighted by Crippen LogP contribution is -2.11. The predicted molar refractivity (Wildman–Crippen MR) is 212 cm³/mol. The molecule has 0 fully saturated rings. The molecule has 0 bridgehead atoms. The molecule has 1 aromatic heterocycles. The first-order valence-corrected chi connectivity index (χ1v) is 17.1. The van der Waals surface area contributed by atoms with Crippen molar-refractivity contribution >= 4 is 71.3 Å². The summed E-state index contributed by atoms with van der Waals surface area (Å²) < 4.78 is 6.56. The van der Waals surface area contributed by atoms with E-state index in [0.717, 1.165) is 44.6 Å². The molecule has 0 spiro atoms. The Hall–Kier alpha value is -6.64. The second-order valence-corrected chi connectivity index (χ2v) is 12.9. The average molecular weight is 638 g/mol. The summed E-state index contributed by atoms with van der Waals surface area (Å²) in [5.74, 6) is 0. The fourth-order valence-electron chi connectivity index (χ4n) is 7.70. The van der Waals surface area contributed by atoms with Crippen LogP contribution >= 0.6 is 0 Å². The first-order chi connectivity index (χ1) is 24.8. The Morgan fingerprint density at radius 3 is 1.80 bits per heavy atom. The number of para-hydroxylation sites is 1. The Morgan fingerprint density at radius 1 is 0.360 bits per heavy atom. The quantitative estimate of drug-likeness (QED) is 0.175. The van der Waals surface area contributed by atoms with Gasteiger partial charge in [0.15, 0.2) is 0 Å². The minimum Gasteiger partial charge on any atom is -0.456 e. The lowest BCUT2D eigenvalue weighted by Gasteiger charge is -2.29. The molecular formula is C48H31NO. The molecule has 0 N–H and O–H groups in total. The van der Waals surface area contributed by atoms with Gasteiger partial charge in [0.05, 0.1) is 5.69 Å². The van der Waals surface area contributed by atoms with Crippen molar-refractivity contribution in [2.75, 3.05) is 4.90 Å². The van der Waals surface area contributed by atoms with Crippen molar-refractivity contribution in [3.63, 3.8) is 0 Å². The molecule has 10 aromatic rings. The van der Waals surface area contributed by atoms with Crippen LogP contribution in [0, 0.1) is 0 Å². The minimum atomic E-state index is 0.875. The summed E-state index contributed by atoms with van der Waals surface area (Å²) in [5, 5.41) is 9.54. The first-order valence-electron chi connectivity index (χ1n) is 17.1. The second-order valence-electron chi connectivity index (χ2n) is 12.9. The molecule has 0 saturated heterocycles. The van der Waals surface area contributed by atoms with Crippen LogP contribution in [0.1, 0.15) is 0 Å². The fourth-order valence-corrected chi connectivity index (χ4v) is 7.70. The highest BCUT2D eigenvalue weighted by Gasteiger charge is 2.24. The van der Waals surface area contributed by atoms with E-state index in [0.29, 0.717) is 0 Å². The summed E-state index contributed by atoms with van der Waals surface area (Å²) in [7, 11) is 0. The van der Waals surface area contributed by atoms with Crippen molar-refractivity contribution in [2.45, 2.75) is 0 Å². The van der Waals surface area contributed by atoms with E-state index >= 15 is 0 Å². The molecule has 2 heteroatoms. The zero-order valence-electron chi connectivity index (χ0n) is 27.3. The van der Waals surface area contributed by atoms with Crippen LogP contribution in [0.5, 0.6) is 0 Å². The van der Waals surface area contributed by atoms with Gasteiger partial charge >= 0.3 is 0 Å². The van der Waals surface area contributed by atoms with Crippen LogP contribution in [-0.4, -0.2) is 0 Å². The van der Waals surface area contributed by atoms with Gasteiger partial charge in [-0.3, -0.25) is 0 Å². The summed E-state index contributed by atoms with van der Waals surface area (Å²) in [5.41, 5.74) is 9.74. The van der Waals surface area contributed by atoms with Gasteiger partial charge in [0.1, 0.15) is 11.2 Å². The molecule has 234 valence electrons. The van der Waals surface area contributed by atoms with Crippen LogP contribution < -0.4 is 4.90 Å². The number of rotatable bonds is 5. The number of hydrogen-bond donors (Lipinski definition) is 0. The highest BCUT2D eigenvalue weighted by molar-refractivity contribution is 6.22. The molecule has 0 radical (unpaired) electrons.